The lowest BCUT2D eigenvalue weighted by molar-refractivity contribution is -0.145. The first-order chi connectivity index (χ1) is 8.99. The maximum atomic E-state index is 11.1. The summed E-state index contributed by atoms with van der Waals surface area (Å²) in [6.07, 6.45) is 0.314. The number of carboxylic acids is 1. The minimum Gasteiger partial charge on any atom is -0.497 e. The Morgan fingerprint density at radius 1 is 1.47 bits per heavy atom. The van der Waals surface area contributed by atoms with Crippen LogP contribution in [-0.2, 0) is 4.79 Å². The Balaban J connectivity index is 3.04. The van der Waals surface area contributed by atoms with Crippen LogP contribution in [0.3, 0.4) is 0 Å². The summed E-state index contributed by atoms with van der Waals surface area (Å²) in [6, 6.07) is 5.01. The fraction of sp³-hybridized carbons (Fsp3) is 0.500. The van der Waals surface area contributed by atoms with Crippen molar-refractivity contribution in [1.82, 2.24) is 0 Å². The third-order valence-corrected chi connectivity index (χ3v) is 2.81. The van der Waals surface area contributed by atoms with E-state index in [1.807, 2.05) is 13.8 Å². The van der Waals surface area contributed by atoms with Gasteiger partial charge in [-0.15, -0.1) is 0 Å². The van der Waals surface area contributed by atoms with Crippen molar-refractivity contribution in [1.29, 1.82) is 0 Å². The molecule has 2 unspecified atom stereocenters. The number of ether oxygens (including phenoxy) is 2. The molecule has 0 aliphatic rings. The zero-order valence-electron chi connectivity index (χ0n) is 11.6. The minimum absolute atomic E-state index is 0.239. The van der Waals surface area contributed by atoms with Crippen molar-refractivity contribution in [2.75, 3.05) is 7.11 Å². The molecule has 5 heteroatoms. The minimum atomic E-state index is -0.972. The second-order valence-electron chi connectivity index (χ2n) is 4.43. The molecule has 106 valence electrons. The largest absolute Gasteiger partial charge is 0.497 e. The van der Waals surface area contributed by atoms with Gasteiger partial charge in [-0.1, -0.05) is 19.4 Å². The van der Waals surface area contributed by atoms with Gasteiger partial charge in [-0.3, -0.25) is 0 Å². The highest BCUT2D eigenvalue weighted by atomic mass is 16.5. The summed E-state index contributed by atoms with van der Waals surface area (Å²) < 4.78 is 10.7. The van der Waals surface area contributed by atoms with Crippen LogP contribution in [-0.4, -0.2) is 24.3 Å². The van der Waals surface area contributed by atoms with Gasteiger partial charge in [0.15, 0.2) is 6.10 Å². The van der Waals surface area contributed by atoms with E-state index in [0.29, 0.717) is 17.9 Å². The van der Waals surface area contributed by atoms with E-state index in [2.05, 4.69) is 0 Å². The van der Waals surface area contributed by atoms with Crippen molar-refractivity contribution in [3.63, 3.8) is 0 Å². The predicted octanol–water partition coefficient (Wildman–Crippen LogP) is 2.35. The van der Waals surface area contributed by atoms with Crippen molar-refractivity contribution in [2.24, 2.45) is 5.73 Å². The van der Waals surface area contributed by atoms with Crippen LogP contribution in [0.2, 0.25) is 0 Å². The van der Waals surface area contributed by atoms with E-state index < -0.39 is 12.1 Å². The van der Waals surface area contributed by atoms with Crippen LogP contribution in [0, 0.1) is 0 Å². The standard InChI is InChI=1S/C14H21NO4/c1-4-5-12(14(16)17)19-13-8-10(18-3)6-7-11(13)9(2)15/h6-9,12H,4-5,15H2,1-3H3,(H,16,17). The molecule has 0 saturated heterocycles. The van der Waals surface area contributed by atoms with E-state index in [0.717, 1.165) is 12.0 Å². The fourth-order valence-corrected chi connectivity index (χ4v) is 1.77. The molecule has 0 fully saturated rings. The van der Waals surface area contributed by atoms with E-state index in [-0.39, 0.29) is 6.04 Å². The molecule has 0 radical (unpaired) electrons. The van der Waals surface area contributed by atoms with Crippen LogP contribution in [0.1, 0.15) is 38.3 Å². The van der Waals surface area contributed by atoms with Gasteiger partial charge >= 0.3 is 5.97 Å². The Hall–Kier alpha value is -1.75. The molecular weight excluding hydrogens is 246 g/mol. The first kappa shape index (κ1) is 15.3. The van der Waals surface area contributed by atoms with Crippen molar-refractivity contribution < 1.29 is 19.4 Å². The third kappa shape index (κ3) is 4.13. The van der Waals surface area contributed by atoms with E-state index in [4.69, 9.17) is 20.3 Å². The number of rotatable bonds is 7. The van der Waals surface area contributed by atoms with Crippen molar-refractivity contribution >= 4 is 5.97 Å². The Morgan fingerprint density at radius 3 is 2.63 bits per heavy atom. The average Bonchev–Trinajstić information content (AvgIpc) is 2.37. The van der Waals surface area contributed by atoms with Gasteiger partial charge in [0.1, 0.15) is 11.5 Å². The number of methoxy groups -OCH3 is 1. The molecule has 1 aromatic carbocycles. The van der Waals surface area contributed by atoms with Crippen LogP contribution >= 0.6 is 0 Å². The SMILES string of the molecule is CCCC(Oc1cc(OC)ccc1C(C)N)C(=O)O. The molecule has 19 heavy (non-hydrogen) atoms. The molecule has 0 heterocycles. The molecule has 0 aromatic heterocycles. The molecule has 3 N–H and O–H groups in total. The first-order valence-corrected chi connectivity index (χ1v) is 6.32. The Morgan fingerprint density at radius 2 is 2.16 bits per heavy atom. The molecule has 0 saturated carbocycles. The molecule has 0 spiro atoms. The summed E-state index contributed by atoms with van der Waals surface area (Å²) in [5.74, 6) is 0.107. The van der Waals surface area contributed by atoms with Gasteiger partial charge in [0.2, 0.25) is 0 Å². The summed E-state index contributed by atoms with van der Waals surface area (Å²) in [5.41, 5.74) is 6.63. The molecule has 1 rings (SSSR count). The van der Waals surface area contributed by atoms with Gasteiger partial charge < -0.3 is 20.3 Å². The van der Waals surface area contributed by atoms with Gasteiger partial charge in [-0.2, -0.15) is 0 Å². The van der Waals surface area contributed by atoms with Gasteiger partial charge in [0.05, 0.1) is 7.11 Å². The van der Waals surface area contributed by atoms with Crippen molar-refractivity contribution in [3.05, 3.63) is 23.8 Å². The van der Waals surface area contributed by atoms with E-state index >= 15 is 0 Å². The molecule has 5 nitrogen and oxygen atoms in total. The monoisotopic (exact) mass is 267 g/mol. The van der Waals surface area contributed by atoms with Crippen LogP contribution in [0.4, 0.5) is 0 Å². The quantitative estimate of drug-likeness (QED) is 0.792. The maximum absolute atomic E-state index is 11.1. The molecular formula is C14H21NO4. The molecule has 1 aromatic rings. The van der Waals surface area contributed by atoms with Gasteiger partial charge in [0.25, 0.3) is 0 Å². The number of carboxylic acid groups (broad SMARTS) is 1. The fourth-order valence-electron chi connectivity index (χ4n) is 1.77. The van der Waals surface area contributed by atoms with Crippen molar-refractivity contribution in [2.45, 2.75) is 38.8 Å². The maximum Gasteiger partial charge on any atom is 0.344 e. The van der Waals surface area contributed by atoms with Crippen molar-refractivity contribution in [3.8, 4) is 11.5 Å². The summed E-state index contributed by atoms with van der Waals surface area (Å²) >= 11 is 0. The van der Waals surface area contributed by atoms with Gasteiger partial charge in [-0.25, -0.2) is 4.79 Å². The Bertz CT molecular complexity index is 431. The molecule has 0 aliphatic carbocycles. The smallest absolute Gasteiger partial charge is 0.344 e. The Labute approximate surface area is 113 Å². The van der Waals surface area contributed by atoms with Crippen LogP contribution in [0.15, 0.2) is 18.2 Å². The molecule has 2 atom stereocenters. The first-order valence-electron chi connectivity index (χ1n) is 6.32. The van der Waals surface area contributed by atoms with E-state index in [1.54, 1.807) is 25.3 Å². The lowest BCUT2D eigenvalue weighted by Crippen LogP contribution is -2.27. The number of hydrogen-bond donors (Lipinski definition) is 2. The highest BCUT2D eigenvalue weighted by Gasteiger charge is 2.21. The number of benzene rings is 1. The Kier molecular flexibility index (Phi) is 5.63. The summed E-state index contributed by atoms with van der Waals surface area (Å²) in [6.45, 7) is 3.74. The van der Waals surface area contributed by atoms with E-state index in [9.17, 15) is 4.79 Å². The lowest BCUT2D eigenvalue weighted by atomic mass is 10.1. The lowest BCUT2D eigenvalue weighted by Gasteiger charge is -2.19. The normalized spacial score (nSPS) is 13.7. The predicted molar refractivity (Wildman–Crippen MR) is 72.6 cm³/mol. The van der Waals surface area contributed by atoms with Gasteiger partial charge in [0, 0.05) is 17.7 Å². The summed E-state index contributed by atoms with van der Waals surface area (Å²) in [4.78, 5) is 11.1. The number of aliphatic carboxylic acids is 1. The van der Waals surface area contributed by atoms with E-state index in [1.165, 1.54) is 0 Å². The molecule has 0 amide bonds. The summed E-state index contributed by atoms with van der Waals surface area (Å²) in [7, 11) is 1.55. The number of hydrogen-bond acceptors (Lipinski definition) is 4. The number of carbonyl (C=O) groups is 1. The van der Waals surface area contributed by atoms with Crippen LogP contribution in [0.5, 0.6) is 11.5 Å². The zero-order valence-corrected chi connectivity index (χ0v) is 11.6. The second kappa shape index (κ2) is 6.99. The van der Waals surface area contributed by atoms with Crippen LogP contribution in [0.25, 0.3) is 0 Å². The van der Waals surface area contributed by atoms with Gasteiger partial charge in [-0.05, 0) is 19.4 Å². The molecule has 0 bridgehead atoms. The highest BCUT2D eigenvalue weighted by molar-refractivity contribution is 5.72. The highest BCUT2D eigenvalue weighted by Crippen LogP contribution is 2.30. The summed E-state index contributed by atoms with van der Waals surface area (Å²) in [5, 5.41) is 9.13. The second-order valence-corrected chi connectivity index (χ2v) is 4.43. The third-order valence-electron chi connectivity index (χ3n) is 2.81. The number of nitrogens with two attached hydrogens (primary N) is 1. The molecule has 0 aliphatic heterocycles. The average molecular weight is 267 g/mol. The topological polar surface area (TPSA) is 81.8 Å². The van der Waals surface area contributed by atoms with Crippen LogP contribution < -0.4 is 15.2 Å². The zero-order chi connectivity index (χ0) is 14.4.